The molecule has 2 saturated heterocycles. The van der Waals surface area contributed by atoms with Gasteiger partial charge in [0.25, 0.3) is 0 Å². The Hall–Kier alpha value is -0.840. The zero-order valence-corrected chi connectivity index (χ0v) is 13.4. The first-order chi connectivity index (χ1) is 10.2. The van der Waals surface area contributed by atoms with Gasteiger partial charge in [0.1, 0.15) is 11.5 Å². The Morgan fingerprint density at radius 2 is 2.05 bits per heavy atom. The largest absolute Gasteiger partial charge is 0.465 e. The number of rotatable bonds is 5. The number of hydrogen-bond acceptors (Lipinski definition) is 4. The summed E-state index contributed by atoms with van der Waals surface area (Å²) < 4.78 is 5.91. The minimum absolute atomic E-state index is 0.146. The van der Waals surface area contributed by atoms with E-state index in [-0.39, 0.29) is 12.1 Å². The Morgan fingerprint density at radius 3 is 2.67 bits per heavy atom. The van der Waals surface area contributed by atoms with Gasteiger partial charge in [-0.3, -0.25) is 9.80 Å². The summed E-state index contributed by atoms with van der Waals surface area (Å²) in [5.74, 6) is 2.03. The van der Waals surface area contributed by atoms with Crippen LogP contribution in [0.15, 0.2) is 16.5 Å². The normalized spacial score (nSPS) is 27.3. The SMILES string of the molecule is CCC(N)C(c1ccc(C)o1)N1CCC(N2CCCC2)C1. The number of likely N-dealkylation sites (tertiary alicyclic amines) is 2. The van der Waals surface area contributed by atoms with E-state index < -0.39 is 0 Å². The molecule has 0 radical (unpaired) electrons. The highest BCUT2D eigenvalue weighted by atomic mass is 16.3. The second-order valence-electron chi connectivity index (χ2n) is 6.65. The number of furan rings is 1. The van der Waals surface area contributed by atoms with E-state index in [4.69, 9.17) is 10.2 Å². The molecule has 1 aromatic heterocycles. The first-order valence-corrected chi connectivity index (χ1v) is 8.49. The van der Waals surface area contributed by atoms with Crippen molar-refractivity contribution in [2.24, 2.45) is 5.73 Å². The molecule has 21 heavy (non-hydrogen) atoms. The van der Waals surface area contributed by atoms with Crippen molar-refractivity contribution in [3.05, 3.63) is 23.7 Å². The maximum Gasteiger partial charge on any atom is 0.122 e. The lowest BCUT2D eigenvalue weighted by Gasteiger charge is -2.31. The van der Waals surface area contributed by atoms with E-state index in [1.807, 2.05) is 6.92 Å². The molecule has 2 aliphatic rings. The fourth-order valence-electron chi connectivity index (χ4n) is 3.92. The highest BCUT2D eigenvalue weighted by molar-refractivity contribution is 5.13. The first kappa shape index (κ1) is 15.1. The van der Waals surface area contributed by atoms with Gasteiger partial charge in [-0.25, -0.2) is 0 Å². The van der Waals surface area contributed by atoms with Crippen molar-refractivity contribution >= 4 is 0 Å². The number of nitrogens with zero attached hydrogens (tertiary/aromatic N) is 2. The van der Waals surface area contributed by atoms with Crippen LogP contribution < -0.4 is 5.73 Å². The van der Waals surface area contributed by atoms with Gasteiger partial charge < -0.3 is 10.2 Å². The number of nitrogens with two attached hydrogens (primary N) is 1. The van der Waals surface area contributed by atoms with Gasteiger partial charge in [-0.1, -0.05) is 6.92 Å². The van der Waals surface area contributed by atoms with Gasteiger partial charge in [-0.15, -0.1) is 0 Å². The minimum Gasteiger partial charge on any atom is -0.465 e. The summed E-state index contributed by atoms with van der Waals surface area (Å²) in [7, 11) is 0. The molecule has 0 spiro atoms. The van der Waals surface area contributed by atoms with Crippen molar-refractivity contribution in [2.75, 3.05) is 26.2 Å². The Balaban J connectivity index is 1.72. The van der Waals surface area contributed by atoms with Crippen molar-refractivity contribution in [3.63, 3.8) is 0 Å². The van der Waals surface area contributed by atoms with Crippen molar-refractivity contribution in [2.45, 2.75) is 57.7 Å². The van der Waals surface area contributed by atoms with Crippen LogP contribution in [-0.2, 0) is 0 Å². The molecular weight excluding hydrogens is 262 g/mol. The van der Waals surface area contributed by atoms with E-state index in [1.54, 1.807) is 0 Å². The van der Waals surface area contributed by atoms with Gasteiger partial charge >= 0.3 is 0 Å². The van der Waals surface area contributed by atoms with Crippen molar-refractivity contribution < 1.29 is 4.42 Å². The monoisotopic (exact) mass is 291 g/mol. The van der Waals surface area contributed by atoms with Gasteiger partial charge in [0, 0.05) is 25.2 Å². The lowest BCUT2D eigenvalue weighted by atomic mass is 10.0. The first-order valence-electron chi connectivity index (χ1n) is 8.49. The Kier molecular flexibility index (Phi) is 4.67. The third-order valence-electron chi connectivity index (χ3n) is 5.17. The second-order valence-corrected chi connectivity index (χ2v) is 6.65. The third kappa shape index (κ3) is 3.17. The van der Waals surface area contributed by atoms with E-state index in [9.17, 15) is 0 Å². The van der Waals surface area contributed by atoms with Gasteiger partial charge in [-0.05, 0) is 57.8 Å². The molecule has 3 atom stereocenters. The lowest BCUT2D eigenvalue weighted by Crippen LogP contribution is -2.42. The molecule has 0 saturated carbocycles. The van der Waals surface area contributed by atoms with Crippen molar-refractivity contribution in [3.8, 4) is 0 Å². The topological polar surface area (TPSA) is 45.6 Å². The van der Waals surface area contributed by atoms with Gasteiger partial charge in [0.05, 0.1) is 6.04 Å². The summed E-state index contributed by atoms with van der Waals surface area (Å²) in [6.07, 6.45) is 4.99. The van der Waals surface area contributed by atoms with Crippen LogP contribution in [0.4, 0.5) is 0 Å². The van der Waals surface area contributed by atoms with Crippen LogP contribution in [0.2, 0.25) is 0 Å². The van der Waals surface area contributed by atoms with Crippen LogP contribution in [0.25, 0.3) is 0 Å². The molecule has 3 rings (SSSR count). The van der Waals surface area contributed by atoms with Crippen LogP contribution in [0.3, 0.4) is 0 Å². The molecule has 4 heteroatoms. The molecule has 2 aliphatic heterocycles. The standard InChI is InChI=1S/C17H29N3O/c1-3-15(18)17(16-7-6-13(2)21-16)20-11-8-14(12-20)19-9-4-5-10-19/h6-7,14-15,17H,3-5,8-12,18H2,1-2H3. The molecule has 3 heterocycles. The molecule has 0 bridgehead atoms. The Bertz CT molecular complexity index is 453. The average Bonchev–Trinajstić information content (AvgIpc) is 3.19. The van der Waals surface area contributed by atoms with Gasteiger partial charge in [0.2, 0.25) is 0 Å². The summed E-state index contributed by atoms with van der Waals surface area (Å²) in [4.78, 5) is 5.22. The van der Waals surface area contributed by atoms with Crippen LogP contribution in [-0.4, -0.2) is 48.1 Å². The van der Waals surface area contributed by atoms with Crippen LogP contribution in [0.1, 0.15) is 50.2 Å². The Morgan fingerprint density at radius 1 is 1.29 bits per heavy atom. The summed E-state index contributed by atoms with van der Waals surface area (Å²) in [6.45, 7) is 9.01. The van der Waals surface area contributed by atoms with E-state index in [1.165, 1.54) is 32.4 Å². The van der Waals surface area contributed by atoms with Crippen molar-refractivity contribution in [1.29, 1.82) is 0 Å². The van der Waals surface area contributed by atoms with Crippen molar-refractivity contribution in [1.82, 2.24) is 9.80 Å². The molecule has 118 valence electrons. The Labute approximate surface area is 128 Å². The molecular formula is C17H29N3O. The van der Waals surface area contributed by atoms with Crippen LogP contribution >= 0.6 is 0 Å². The van der Waals surface area contributed by atoms with Crippen LogP contribution in [0.5, 0.6) is 0 Å². The molecule has 4 nitrogen and oxygen atoms in total. The quantitative estimate of drug-likeness (QED) is 0.905. The summed E-state index contributed by atoms with van der Waals surface area (Å²) >= 11 is 0. The smallest absolute Gasteiger partial charge is 0.122 e. The van der Waals surface area contributed by atoms with E-state index in [2.05, 4.69) is 28.9 Å². The summed E-state index contributed by atoms with van der Waals surface area (Å²) in [5.41, 5.74) is 6.42. The fourth-order valence-corrected chi connectivity index (χ4v) is 3.92. The number of hydrogen-bond donors (Lipinski definition) is 1. The van der Waals surface area contributed by atoms with E-state index >= 15 is 0 Å². The second kappa shape index (κ2) is 6.51. The highest BCUT2D eigenvalue weighted by Gasteiger charge is 2.36. The molecule has 2 N–H and O–H groups in total. The van der Waals surface area contributed by atoms with E-state index in [0.29, 0.717) is 0 Å². The van der Waals surface area contributed by atoms with Crippen LogP contribution in [0, 0.1) is 6.92 Å². The fraction of sp³-hybridized carbons (Fsp3) is 0.765. The highest BCUT2D eigenvalue weighted by Crippen LogP contribution is 2.32. The molecule has 1 aromatic rings. The summed E-state index contributed by atoms with van der Waals surface area (Å²) in [6, 6.07) is 5.26. The van der Waals surface area contributed by atoms with Gasteiger partial charge in [0.15, 0.2) is 0 Å². The molecule has 0 amide bonds. The zero-order valence-electron chi connectivity index (χ0n) is 13.4. The predicted octanol–water partition coefficient (Wildman–Crippen LogP) is 2.54. The maximum absolute atomic E-state index is 6.42. The predicted molar refractivity (Wildman–Crippen MR) is 85.2 cm³/mol. The average molecular weight is 291 g/mol. The lowest BCUT2D eigenvalue weighted by molar-refractivity contribution is 0.160. The summed E-state index contributed by atoms with van der Waals surface area (Å²) in [5, 5.41) is 0. The molecule has 3 unspecified atom stereocenters. The van der Waals surface area contributed by atoms with Gasteiger partial charge in [-0.2, -0.15) is 0 Å². The molecule has 0 aromatic carbocycles. The molecule has 2 fully saturated rings. The zero-order chi connectivity index (χ0) is 14.8. The third-order valence-corrected chi connectivity index (χ3v) is 5.17. The maximum atomic E-state index is 6.42. The van der Waals surface area contributed by atoms with E-state index in [0.717, 1.165) is 37.1 Å². The number of aryl methyl sites for hydroxylation is 1. The molecule has 0 aliphatic carbocycles. The minimum atomic E-state index is 0.146.